The van der Waals surface area contributed by atoms with Gasteiger partial charge in [-0.3, -0.25) is 4.79 Å². The van der Waals surface area contributed by atoms with E-state index in [2.05, 4.69) is 52.6 Å². The molecule has 4 rings (SSSR count). The van der Waals surface area contributed by atoms with Crippen molar-refractivity contribution < 1.29 is 0 Å². The highest BCUT2D eigenvalue weighted by molar-refractivity contribution is 7.98. The van der Waals surface area contributed by atoms with Gasteiger partial charge in [-0.15, -0.1) is 11.3 Å². The van der Waals surface area contributed by atoms with E-state index in [0.29, 0.717) is 17.0 Å². The smallest absolute Gasteiger partial charge is 0.260 e. The van der Waals surface area contributed by atoms with Crippen LogP contribution >= 0.6 is 23.1 Å². The average Bonchev–Trinajstić information content (AvgIpc) is 3.24. The Hall–Kier alpha value is -2.38. The molecule has 5 nitrogen and oxygen atoms in total. The molecule has 1 N–H and O–H groups in total. The first kappa shape index (κ1) is 18.0. The van der Waals surface area contributed by atoms with E-state index in [1.165, 1.54) is 5.56 Å². The van der Waals surface area contributed by atoms with Crippen molar-refractivity contribution in [3.05, 3.63) is 63.3 Å². The summed E-state index contributed by atoms with van der Waals surface area (Å²) in [7, 11) is 0. The van der Waals surface area contributed by atoms with Crippen LogP contribution in [0.25, 0.3) is 21.3 Å². The number of hydrogen-bond acceptors (Lipinski definition) is 5. The van der Waals surface area contributed by atoms with Crippen LogP contribution in [-0.4, -0.2) is 19.5 Å². The molecule has 0 unspecified atom stereocenters. The maximum Gasteiger partial charge on any atom is 0.260 e. The Kier molecular flexibility index (Phi) is 4.88. The number of fused-ring (bicyclic) bond motifs is 1. The number of benzene rings is 1. The highest BCUT2D eigenvalue weighted by Gasteiger charge is 2.17. The molecule has 0 radical (unpaired) electrons. The lowest BCUT2D eigenvalue weighted by Crippen LogP contribution is -2.11. The first-order valence-corrected chi connectivity index (χ1v) is 10.6. The molecule has 4 aromatic rings. The minimum absolute atomic E-state index is 0.0747. The second kappa shape index (κ2) is 7.32. The Morgan fingerprint density at radius 2 is 2.00 bits per heavy atom. The third-order valence-electron chi connectivity index (χ3n) is 4.48. The summed E-state index contributed by atoms with van der Waals surface area (Å²) < 4.78 is 2.08. The molecule has 138 valence electrons. The van der Waals surface area contributed by atoms with E-state index in [1.54, 1.807) is 29.3 Å². The highest BCUT2D eigenvalue weighted by atomic mass is 32.2. The summed E-state index contributed by atoms with van der Waals surface area (Å²) in [6.45, 7) is 7.06. The predicted molar refractivity (Wildman–Crippen MR) is 113 cm³/mol. The van der Waals surface area contributed by atoms with Crippen molar-refractivity contribution >= 4 is 33.3 Å². The number of rotatable bonds is 5. The van der Waals surface area contributed by atoms with Gasteiger partial charge >= 0.3 is 0 Å². The first-order chi connectivity index (χ1) is 13.1. The zero-order valence-corrected chi connectivity index (χ0v) is 17.1. The fourth-order valence-electron chi connectivity index (χ4n) is 3.11. The molecule has 0 aliphatic carbocycles. The van der Waals surface area contributed by atoms with Crippen molar-refractivity contribution in [2.45, 2.75) is 38.2 Å². The lowest BCUT2D eigenvalue weighted by atomic mass is 10.0. The van der Waals surface area contributed by atoms with Gasteiger partial charge in [-0.1, -0.05) is 41.6 Å². The molecule has 0 spiro atoms. The minimum Gasteiger partial charge on any atom is -0.326 e. The van der Waals surface area contributed by atoms with Crippen LogP contribution < -0.4 is 5.56 Å². The number of hydrogen-bond donors (Lipinski definition) is 1. The fraction of sp³-hybridized carbons (Fsp3) is 0.250. The standard InChI is InChI=1S/C20H20N4OS2/c1-4-24-10-9-21-20(24)26-11-15-22-18(25)17-16(13(3)27-19(17)23-15)14-7-5-12(2)6-8-14/h5-10H,4,11H2,1-3H3,(H,22,23,25). The summed E-state index contributed by atoms with van der Waals surface area (Å²) in [5.41, 5.74) is 3.18. The van der Waals surface area contributed by atoms with Gasteiger partial charge in [0.15, 0.2) is 5.16 Å². The van der Waals surface area contributed by atoms with Gasteiger partial charge in [0.2, 0.25) is 0 Å². The lowest BCUT2D eigenvalue weighted by molar-refractivity contribution is 0.681. The van der Waals surface area contributed by atoms with Gasteiger partial charge in [-0.2, -0.15) is 0 Å². The van der Waals surface area contributed by atoms with Crippen LogP contribution in [-0.2, 0) is 12.3 Å². The fourth-order valence-corrected chi connectivity index (χ4v) is 5.07. The van der Waals surface area contributed by atoms with Crippen molar-refractivity contribution in [1.82, 2.24) is 19.5 Å². The Morgan fingerprint density at radius 3 is 2.74 bits per heavy atom. The number of H-pyrrole nitrogens is 1. The molecule has 0 saturated carbocycles. The SMILES string of the molecule is CCn1ccnc1SCc1nc2sc(C)c(-c3ccc(C)cc3)c2c(=O)[nH]1. The molecule has 0 saturated heterocycles. The van der Waals surface area contributed by atoms with Crippen molar-refractivity contribution in [2.75, 3.05) is 0 Å². The number of nitrogens with zero attached hydrogens (tertiary/aromatic N) is 3. The molecule has 0 amide bonds. The third kappa shape index (κ3) is 3.44. The van der Waals surface area contributed by atoms with Crippen LogP contribution in [0.5, 0.6) is 0 Å². The van der Waals surface area contributed by atoms with Crippen LogP contribution in [0.2, 0.25) is 0 Å². The third-order valence-corrected chi connectivity index (χ3v) is 6.50. The van der Waals surface area contributed by atoms with E-state index in [-0.39, 0.29) is 5.56 Å². The second-order valence-electron chi connectivity index (χ2n) is 6.38. The normalized spacial score (nSPS) is 11.4. The number of thiophene rings is 1. The van der Waals surface area contributed by atoms with E-state index in [0.717, 1.165) is 32.5 Å². The van der Waals surface area contributed by atoms with Crippen molar-refractivity contribution in [3.8, 4) is 11.1 Å². The van der Waals surface area contributed by atoms with Crippen molar-refractivity contribution in [1.29, 1.82) is 0 Å². The minimum atomic E-state index is -0.0747. The maximum atomic E-state index is 12.8. The molecule has 0 aliphatic heterocycles. The molecule has 1 aromatic carbocycles. The topological polar surface area (TPSA) is 63.6 Å². The number of nitrogens with one attached hydrogen (secondary N) is 1. The number of aryl methyl sites for hydroxylation is 3. The summed E-state index contributed by atoms with van der Waals surface area (Å²) in [5.74, 6) is 1.26. The predicted octanol–water partition coefficient (Wildman–Crippen LogP) is 4.78. The monoisotopic (exact) mass is 396 g/mol. The maximum absolute atomic E-state index is 12.8. The Balaban J connectivity index is 1.70. The molecule has 0 fully saturated rings. The molecular formula is C20H20N4OS2. The Bertz CT molecular complexity index is 1160. The number of imidazole rings is 1. The highest BCUT2D eigenvalue weighted by Crippen LogP contribution is 2.35. The van der Waals surface area contributed by atoms with Crippen LogP contribution in [0.4, 0.5) is 0 Å². The number of thioether (sulfide) groups is 1. The van der Waals surface area contributed by atoms with Gasteiger partial charge in [-0.25, -0.2) is 9.97 Å². The average molecular weight is 397 g/mol. The van der Waals surface area contributed by atoms with Crippen LogP contribution in [0.1, 0.15) is 23.2 Å². The van der Waals surface area contributed by atoms with Crippen LogP contribution in [0.3, 0.4) is 0 Å². The molecule has 0 aliphatic rings. The van der Waals surface area contributed by atoms with E-state index >= 15 is 0 Å². The lowest BCUT2D eigenvalue weighted by Gasteiger charge is -2.05. The second-order valence-corrected chi connectivity index (χ2v) is 8.52. The van der Waals surface area contributed by atoms with Gasteiger partial charge in [0, 0.05) is 29.4 Å². The molecule has 0 bridgehead atoms. The summed E-state index contributed by atoms with van der Waals surface area (Å²) >= 11 is 3.16. The van der Waals surface area contributed by atoms with Gasteiger partial charge in [0.25, 0.3) is 5.56 Å². The Morgan fingerprint density at radius 1 is 1.22 bits per heavy atom. The largest absolute Gasteiger partial charge is 0.326 e. The quantitative estimate of drug-likeness (QED) is 0.493. The van der Waals surface area contributed by atoms with E-state index in [4.69, 9.17) is 4.98 Å². The zero-order valence-electron chi connectivity index (χ0n) is 15.4. The van der Waals surface area contributed by atoms with Gasteiger partial charge < -0.3 is 9.55 Å². The van der Waals surface area contributed by atoms with Crippen molar-refractivity contribution in [2.24, 2.45) is 0 Å². The zero-order chi connectivity index (χ0) is 19.0. The first-order valence-electron chi connectivity index (χ1n) is 8.80. The molecule has 7 heteroatoms. The van der Waals surface area contributed by atoms with Gasteiger partial charge in [-0.05, 0) is 26.3 Å². The van der Waals surface area contributed by atoms with E-state index in [1.807, 2.05) is 13.1 Å². The van der Waals surface area contributed by atoms with E-state index in [9.17, 15) is 4.79 Å². The molecule has 0 atom stereocenters. The van der Waals surface area contributed by atoms with Gasteiger partial charge in [0.05, 0.1) is 11.1 Å². The van der Waals surface area contributed by atoms with Crippen LogP contribution in [0.15, 0.2) is 46.6 Å². The number of aromatic amines is 1. The number of aromatic nitrogens is 4. The molecular weight excluding hydrogens is 376 g/mol. The van der Waals surface area contributed by atoms with Gasteiger partial charge in [0.1, 0.15) is 10.7 Å². The molecule has 27 heavy (non-hydrogen) atoms. The summed E-state index contributed by atoms with van der Waals surface area (Å²) in [6.07, 6.45) is 3.75. The summed E-state index contributed by atoms with van der Waals surface area (Å²) in [5, 5.41) is 1.62. The van der Waals surface area contributed by atoms with Crippen molar-refractivity contribution in [3.63, 3.8) is 0 Å². The van der Waals surface area contributed by atoms with Crippen LogP contribution in [0, 0.1) is 13.8 Å². The van der Waals surface area contributed by atoms with E-state index < -0.39 is 0 Å². The Labute approximate surface area is 165 Å². The summed E-state index contributed by atoms with van der Waals surface area (Å²) in [6, 6.07) is 8.27. The molecule has 3 heterocycles. The molecule has 3 aromatic heterocycles. The summed E-state index contributed by atoms with van der Waals surface area (Å²) in [4.78, 5) is 26.8.